The van der Waals surface area contributed by atoms with E-state index in [-0.39, 0.29) is 23.3 Å². The van der Waals surface area contributed by atoms with E-state index in [0.29, 0.717) is 24.3 Å². The lowest BCUT2D eigenvalue weighted by Gasteiger charge is -2.34. The molecule has 0 saturated carbocycles. The van der Waals surface area contributed by atoms with Gasteiger partial charge in [-0.25, -0.2) is 0 Å². The Balaban J connectivity index is 2.28. The second kappa shape index (κ2) is 6.11. The maximum atomic E-state index is 12.4. The van der Waals surface area contributed by atoms with E-state index in [2.05, 4.69) is 20.8 Å². The zero-order valence-corrected chi connectivity index (χ0v) is 13.9. The molecular formula is C18H24O4. The monoisotopic (exact) mass is 304 g/mol. The van der Waals surface area contributed by atoms with Crippen molar-refractivity contribution >= 4 is 11.8 Å². The molecule has 1 heterocycles. The van der Waals surface area contributed by atoms with Crippen LogP contribution in [0, 0.1) is 5.41 Å². The standard InChI is InChI=1S/C18H24O4/c1-6-21-17(20)11(2)12-7-8-15-13(9-12)14(19)10-16(22-15)18(3,4)5/h7-9,11,16H,6,10H2,1-5H3. The Morgan fingerprint density at radius 2 is 2.09 bits per heavy atom. The van der Waals surface area contributed by atoms with Crippen LogP contribution in [0.1, 0.15) is 62.9 Å². The third kappa shape index (κ3) is 3.32. The molecule has 4 heteroatoms. The van der Waals surface area contributed by atoms with Crippen LogP contribution in [-0.2, 0) is 9.53 Å². The Hall–Kier alpha value is -1.84. The molecule has 2 unspecified atom stereocenters. The highest BCUT2D eigenvalue weighted by Gasteiger charge is 2.35. The van der Waals surface area contributed by atoms with Crippen molar-refractivity contribution in [3.8, 4) is 5.75 Å². The lowest BCUT2D eigenvalue weighted by molar-refractivity contribution is -0.144. The molecule has 22 heavy (non-hydrogen) atoms. The normalized spacial score (nSPS) is 19.1. The third-order valence-corrected chi connectivity index (χ3v) is 4.05. The molecule has 0 aromatic heterocycles. The minimum Gasteiger partial charge on any atom is -0.489 e. The van der Waals surface area contributed by atoms with E-state index in [4.69, 9.17) is 9.47 Å². The van der Waals surface area contributed by atoms with Gasteiger partial charge < -0.3 is 9.47 Å². The summed E-state index contributed by atoms with van der Waals surface area (Å²) < 4.78 is 11.0. The summed E-state index contributed by atoms with van der Waals surface area (Å²) in [5.74, 6) is 0.00709. The van der Waals surface area contributed by atoms with Gasteiger partial charge in [-0.3, -0.25) is 9.59 Å². The molecule has 0 radical (unpaired) electrons. The molecule has 0 amide bonds. The van der Waals surface area contributed by atoms with Gasteiger partial charge in [-0.2, -0.15) is 0 Å². The first-order valence-corrected chi connectivity index (χ1v) is 7.74. The van der Waals surface area contributed by atoms with Crippen LogP contribution in [0.25, 0.3) is 0 Å². The Morgan fingerprint density at radius 1 is 1.41 bits per heavy atom. The number of rotatable bonds is 3. The predicted molar refractivity (Wildman–Crippen MR) is 84.3 cm³/mol. The Kier molecular flexibility index (Phi) is 4.59. The topological polar surface area (TPSA) is 52.6 Å². The molecule has 2 rings (SSSR count). The summed E-state index contributed by atoms with van der Waals surface area (Å²) in [5, 5.41) is 0. The van der Waals surface area contributed by atoms with Crippen molar-refractivity contribution in [2.24, 2.45) is 5.41 Å². The van der Waals surface area contributed by atoms with Crippen LogP contribution in [0.15, 0.2) is 18.2 Å². The van der Waals surface area contributed by atoms with Gasteiger partial charge in [0.15, 0.2) is 5.78 Å². The highest BCUT2D eigenvalue weighted by Crippen LogP contribution is 2.36. The largest absolute Gasteiger partial charge is 0.489 e. The van der Waals surface area contributed by atoms with Gasteiger partial charge >= 0.3 is 5.97 Å². The minimum absolute atomic E-state index is 0.0686. The Bertz CT molecular complexity index is 583. The molecule has 0 N–H and O–H groups in total. The Morgan fingerprint density at radius 3 is 2.68 bits per heavy atom. The number of carbonyl (C=O) groups is 2. The number of esters is 1. The molecule has 1 aliphatic rings. The lowest BCUT2D eigenvalue weighted by atomic mass is 9.83. The number of hydrogen-bond donors (Lipinski definition) is 0. The van der Waals surface area contributed by atoms with E-state index in [0.717, 1.165) is 5.56 Å². The van der Waals surface area contributed by atoms with Gasteiger partial charge in [0.1, 0.15) is 11.9 Å². The van der Waals surface area contributed by atoms with Crippen LogP contribution in [0.5, 0.6) is 5.75 Å². The lowest BCUT2D eigenvalue weighted by Crippen LogP contribution is -2.37. The van der Waals surface area contributed by atoms with E-state index in [1.807, 2.05) is 6.07 Å². The predicted octanol–water partition coefficient (Wildman–Crippen LogP) is 3.73. The van der Waals surface area contributed by atoms with Crippen LogP contribution < -0.4 is 4.74 Å². The van der Waals surface area contributed by atoms with Crippen molar-refractivity contribution in [1.82, 2.24) is 0 Å². The van der Waals surface area contributed by atoms with Crippen LogP contribution in [0.4, 0.5) is 0 Å². The minimum atomic E-state index is -0.390. The van der Waals surface area contributed by atoms with Crippen LogP contribution in [0.3, 0.4) is 0 Å². The smallest absolute Gasteiger partial charge is 0.313 e. The van der Waals surface area contributed by atoms with Crippen molar-refractivity contribution in [3.63, 3.8) is 0 Å². The summed E-state index contributed by atoms with van der Waals surface area (Å²) in [6.45, 7) is 10.1. The molecule has 2 atom stereocenters. The summed E-state index contributed by atoms with van der Waals surface area (Å²) >= 11 is 0. The van der Waals surface area contributed by atoms with Crippen molar-refractivity contribution in [3.05, 3.63) is 29.3 Å². The van der Waals surface area contributed by atoms with Crippen molar-refractivity contribution in [2.45, 2.75) is 53.1 Å². The highest BCUT2D eigenvalue weighted by atomic mass is 16.5. The number of carbonyl (C=O) groups excluding carboxylic acids is 2. The van der Waals surface area contributed by atoms with Gasteiger partial charge in [0.2, 0.25) is 0 Å². The van der Waals surface area contributed by atoms with Gasteiger partial charge in [-0.1, -0.05) is 26.8 Å². The number of ether oxygens (including phenoxy) is 2. The van der Waals surface area contributed by atoms with E-state index < -0.39 is 5.92 Å². The number of benzene rings is 1. The first-order chi connectivity index (χ1) is 10.2. The van der Waals surface area contributed by atoms with E-state index in [1.54, 1.807) is 26.0 Å². The summed E-state index contributed by atoms with van der Waals surface area (Å²) in [4.78, 5) is 24.3. The SMILES string of the molecule is CCOC(=O)C(C)c1ccc2c(c1)C(=O)CC(C(C)(C)C)O2. The zero-order valence-electron chi connectivity index (χ0n) is 13.9. The molecule has 0 spiro atoms. The number of fused-ring (bicyclic) bond motifs is 1. The summed E-state index contributed by atoms with van der Waals surface area (Å²) in [5.41, 5.74) is 1.25. The Labute approximate surface area is 131 Å². The fourth-order valence-corrected chi connectivity index (χ4v) is 2.50. The quantitative estimate of drug-likeness (QED) is 0.798. The van der Waals surface area contributed by atoms with Gasteiger partial charge in [-0.05, 0) is 37.0 Å². The molecule has 0 saturated heterocycles. The number of ketones is 1. The average Bonchev–Trinajstić information content (AvgIpc) is 2.45. The molecule has 0 aliphatic carbocycles. The average molecular weight is 304 g/mol. The third-order valence-electron chi connectivity index (χ3n) is 4.05. The number of Topliss-reactive ketones (excluding diaryl/α,β-unsaturated/α-hetero) is 1. The first kappa shape index (κ1) is 16.5. The molecule has 1 aromatic rings. The van der Waals surface area contributed by atoms with Gasteiger partial charge in [-0.15, -0.1) is 0 Å². The van der Waals surface area contributed by atoms with E-state index in [9.17, 15) is 9.59 Å². The summed E-state index contributed by atoms with van der Waals surface area (Å²) in [7, 11) is 0. The molecule has 1 aliphatic heterocycles. The maximum absolute atomic E-state index is 12.4. The van der Waals surface area contributed by atoms with Crippen molar-refractivity contribution in [2.75, 3.05) is 6.61 Å². The van der Waals surface area contributed by atoms with Gasteiger partial charge in [0.05, 0.1) is 18.1 Å². The molecule has 0 fully saturated rings. The molecule has 120 valence electrons. The van der Waals surface area contributed by atoms with Gasteiger partial charge in [0, 0.05) is 6.42 Å². The van der Waals surface area contributed by atoms with Crippen LogP contribution >= 0.6 is 0 Å². The molecule has 1 aromatic carbocycles. The van der Waals surface area contributed by atoms with E-state index in [1.165, 1.54) is 0 Å². The zero-order chi connectivity index (χ0) is 16.5. The molecule has 0 bridgehead atoms. The van der Waals surface area contributed by atoms with Crippen molar-refractivity contribution in [1.29, 1.82) is 0 Å². The first-order valence-electron chi connectivity index (χ1n) is 7.74. The maximum Gasteiger partial charge on any atom is 0.313 e. The summed E-state index contributed by atoms with van der Waals surface area (Å²) in [6.07, 6.45) is 0.245. The fourth-order valence-electron chi connectivity index (χ4n) is 2.50. The van der Waals surface area contributed by atoms with Crippen LogP contribution in [0.2, 0.25) is 0 Å². The molecule has 4 nitrogen and oxygen atoms in total. The fraction of sp³-hybridized carbons (Fsp3) is 0.556. The van der Waals surface area contributed by atoms with Crippen molar-refractivity contribution < 1.29 is 19.1 Å². The summed E-state index contributed by atoms with van der Waals surface area (Å²) in [6, 6.07) is 5.38. The molecular weight excluding hydrogens is 280 g/mol. The second-order valence-electron chi connectivity index (χ2n) is 6.83. The van der Waals surface area contributed by atoms with E-state index >= 15 is 0 Å². The van der Waals surface area contributed by atoms with Gasteiger partial charge in [0.25, 0.3) is 0 Å². The van der Waals surface area contributed by atoms with Crippen LogP contribution in [-0.4, -0.2) is 24.5 Å². The highest BCUT2D eigenvalue weighted by molar-refractivity contribution is 6.00. The second-order valence-corrected chi connectivity index (χ2v) is 6.83. The number of hydrogen-bond acceptors (Lipinski definition) is 4.